The zero-order valence-corrected chi connectivity index (χ0v) is 11.2. The number of rotatable bonds is 3. The topological polar surface area (TPSA) is 55.4 Å². The third-order valence-electron chi connectivity index (χ3n) is 3.31. The van der Waals surface area contributed by atoms with Crippen LogP contribution in [0.5, 0.6) is 0 Å². The summed E-state index contributed by atoms with van der Waals surface area (Å²) >= 11 is 0. The lowest BCUT2D eigenvalue weighted by Gasteiger charge is -2.18. The third-order valence-corrected chi connectivity index (χ3v) is 3.31. The zero-order valence-electron chi connectivity index (χ0n) is 11.2. The summed E-state index contributed by atoms with van der Waals surface area (Å²) in [6.45, 7) is 1.76. The molecule has 1 N–H and O–H groups in total. The lowest BCUT2D eigenvalue weighted by Crippen LogP contribution is -2.37. The van der Waals surface area contributed by atoms with E-state index in [2.05, 4.69) is 5.32 Å². The number of carbonyl (C=O) groups excluding carboxylic acids is 2. The van der Waals surface area contributed by atoms with Crippen molar-refractivity contribution in [3.8, 4) is 0 Å². The van der Waals surface area contributed by atoms with E-state index in [4.69, 9.17) is 4.74 Å². The summed E-state index contributed by atoms with van der Waals surface area (Å²) in [5, 5.41) is 2.45. The molecule has 2 unspecified atom stereocenters. The van der Waals surface area contributed by atoms with Gasteiger partial charge in [0.15, 0.2) is 0 Å². The fourth-order valence-electron chi connectivity index (χ4n) is 2.36. The zero-order chi connectivity index (χ0) is 15.6. The Morgan fingerprint density at radius 1 is 1.43 bits per heavy atom. The molecular weight excluding hydrogens is 287 g/mol. The minimum absolute atomic E-state index is 0.0369. The van der Waals surface area contributed by atoms with Crippen molar-refractivity contribution in [3.63, 3.8) is 0 Å². The van der Waals surface area contributed by atoms with Crippen LogP contribution < -0.4 is 5.32 Å². The highest BCUT2D eigenvalue weighted by Gasteiger charge is 2.40. The molecule has 21 heavy (non-hydrogen) atoms. The Bertz CT molecular complexity index is 557. The van der Waals surface area contributed by atoms with Crippen LogP contribution in [0.1, 0.15) is 30.4 Å². The van der Waals surface area contributed by atoms with Crippen molar-refractivity contribution in [1.29, 1.82) is 0 Å². The van der Waals surface area contributed by atoms with Gasteiger partial charge in [-0.1, -0.05) is 18.2 Å². The fourth-order valence-corrected chi connectivity index (χ4v) is 2.36. The summed E-state index contributed by atoms with van der Waals surface area (Å²) in [6.07, 6.45) is -4.50. The first-order valence-corrected chi connectivity index (χ1v) is 6.46. The highest BCUT2D eigenvalue weighted by Crippen LogP contribution is 2.34. The van der Waals surface area contributed by atoms with Crippen molar-refractivity contribution in [3.05, 3.63) is 35.4 Å². The number of hydrogen-bond acceptors (Lipinski definition) is 3. The summed E-state index contributed by atoms with van der Waals surface area (Å²) in [4.78, 5) is 23.3. The third kappa shape index (κ3) is 3.34. The van der Waals surface area contributed by atoms with Gasteiger partial charge in [-0.25, -0.2) is 4.79 Å². The molecule has 2 atom stereocenters. The molecular formula is C14H14F3NO3. The Morgan fingerprint density at radius 2 is 2.14 bits per heavy atom. The first kappa shape index (κ1) is 15.3. The summed E-state index contributed by atoms with van der Waals surface area (Å²) in [7, 11) is 0. The summed E-state index contributed by atoms with van der Waals surface area (Å²) < 4.78 is 43.0. The number of nitrogens with one attached hydrogen (secondary N) is 1. The molecule has 1 saturated heterocycles. The molecule has 2 rings (SSSR count). The number of amides is 1. The Morgan fingerprint density at radius 3 is 2.76 bits per heavy atom. The standard InChI is InChI=1S/C14H14F3NO3/c1-2-21-13(20)12-10(7-11(19)18-12)8-4-3-5-9(6-8)14(15,16)17/h3-6,10,12H,2,7H2,1H3,(H,18,19). The fraction of sp³-hybridized carbons (Fsp3) is 0.429. The summed E-state index contributed by atoms with van der Waals surface area (Å²) in [5.74, 6) is -1.67. The van der Waals surface area contributed by atoms with Gasteiger partial charge in [-0.3, -0.25) is 4.79 Å². The van der Waals surface area contributed by atoms with Gasteiger partial charge < -0.3 is 10.1 Å². The largest absolute Gasteiger partial charge is 0.464 e. The summed E-state index contributed by atoms with van der Waals surface area (Å²) in [5.41, 5.74) is -0.511. The van der Waals surface area contributed by atoms with E-state index >= 15 is 0 Å². The van der Waals surface area contributed by atoms with Crippen LogP contribution in [0.4, 0.5) is 13.2 Å². The molecule has 7 heteroatoms. The van der Waals surface area contributed by atoms with Gasteiger partial charge in [0.25, 0.3) is 0 Å². The van der Waals surface area contributed by atoms with Crippen molar-refractivity contribution < 1.29 is 27.5 Å². The van der Waals surface area contributed by atoms with Crippen LogP contribution in [0, 0.1) is 0 Å². The number of halogens is 3. The number of hydrogen-bond donors (Lipinski definition) is 1. The molecule has 0 bridgehead atoms. The molecule has 0 radical (unpaired) electrons. The van der Waals surface area contributed by atoms with Crippen LogP contribution in [-0.4, -0.2) is 24.5 Å². The predicted octanol–water partition coefficient (Wildman–Crippen LogP) is 2.24. The quantitative estimate of drug-likeness (QED) is 0.871. The van der Waals surface area contributed by atoms with Gasteiger partial charge in [0.05, 0.1) is 12.2 Å². The van der Waals surface area contributed by atoms with E-state index < -0.39 is 29.7 Å². The van der Waals surface area contributed by atoms with E-state index in [1.165, 1.54) is 12.1 Å². The van der Waals surface area contributed by atoms with Crippen LogP contribution in [-0.2, 0) is 20.5 Å². The molecule has 0 saturated carbocycles. The van der Waals surface area contributed by atoms with E-state index in [1.807, 2.05) is 0 Å². The van der Waals surface area contributed by atoms with Gasteiger partial charge >= 0.3 is 12.1 Å². The number of benzene rings is 1. The van der Waals surface area contributed by atoms with Crippen LogP contribution in [0.3, 0.4) is 0 Å². The van der Waals surface area contributed by atoms with Crippen LogP contribution in [0.15, 0.2) is 24.3 Å². The Hall–Kier alpha value is -2.05. The van der Waals surface area contributed by atoms with Gasteiger partial charge in [0, 0.05) is 12.3 Å². The van der Waals surface area contributed by atoms with Crippen LogP contribution in [0.2, 0.25) is 0 Å². The molecule has 1 aliphatic rings. The maximum atomic E-state index is 12.7. The van der Waals surface area contributed by atoms with Crippen LogP contribution >= 0.6 is 0 Å². The molecule has 1 aromatic carbocycles. The van der Waals surface area contributed by atoms with Crippen molar-refractivity contribution in [2.75, 3.05) is 6.61 Å². The first-order valence-electron chi connectivity index (χ1n) is 6.46. The van der Waals surface area contributed by atoms with E-state index in [0.29, 0.717) is 5.56 Å². The maximum absolute atomic E-state index is 12.7. The second-order valence-corrected chi connectivity index (χ2v) is 4.73. The van der Waals surface area contributed by atoms with Gasteiger partial charge in [-0.15, -0.1) is 0 Å². The van der Waals surface area contributed by atoms with E-state index in [9.17, 15) is 22.8 Å². The van der Waals surface area contributed by atoms with Gasteiger partial charge in [0.1, 0.15) is 6.04 Å². The molecule has 1 fully saturated rings. The van der Waals surface area contributed by atoms with Crippen molar-refractivity contribution in [2.45, 2.75) is 31.5 Å². The van der Waals surface area contributed by atoms with Gasteiger partial charge in [0.2, 0.25) is 5.91 Å². The molecule has 0 aromatic heterocycles. The summed E-state index contributed by atoms with van der Waals surface area (Å²) in [6, 6.07) is 3.72. The lowest BCUT2D eigenvalue weighted by atomic mass is 9.90. The van der Waals surface area contributed by atoms with E-state index in [1.54, 1.807) is 6.92 Å². The number of ether oxygens (including phenoxy) is 1. The highest BCUT2D eigenvalue weighted by molar-refractivity contribution is 5.90. The Kier molecular flexibility index (Phi) is 4.20. The smallest absolute Gasteiger partial charge is 0.416 e. The molecule has 1 aliphatic heterocycles. The lowest BCUT2D eigenvalue weighted by molar-refractivity contribution is -0.146. The molecule has 4 nitrogen and oxygen atoms in total. The maximum Gasteiger partial charge on any atom is 0.416 e. The minimum atomic E-state index is -4.47. The predicted molar refractivity (Wildman–Crippen MR) is 67.4 cm³/mol. The molecule has 0 spiro atoms. The molecule has 0 aliphatic carbocycles. The highest BCUT2D eigenvalue weighted by atomic mass is 19.4. The van der Waals surface area contributed by atoms with E-state index in [-0.39, 0.29) is 18.9 Å². The second kappa shape index (κ2) is 5.75. The SMILES string of the molecule is CCOC(=O)C1NC(=O)CC1c1cccc(C(F)(F)F)c1. The van der Waals surface area contributed by atoms with Crippen molar-refractivity contribution in [2.24, 2.45) is 0 Å². The molecule has 114 valence electrons. The second-order valence-electron chi connectivity index (χ2n) is 4.73. The molecule has 1 aromatic rings. The van der Waals surface area contributed by atoms with Crippen LogP contribution in [0.25, 0.3) is 0 Å². The van der Waals surface area contributed by atoms with Crippen molar-refractivity contribution in [1.82, 2.24) is 5.32 Å². The first-order chi connectivity index (χ1) is 9.82. The Balaban J connectivity index is 2.31. The van der Waals surface area contributed by atoms with Crippen molar-refractivity contribution >= 4 is 11.9 Å². The average Bonchev–Trinajstić information content (AvgIpc) is 2.80. The number of esters is 1. The number of alkyl halides is 3. The normalized spacial score (nSPS) is 22.0. The van der Waals surface area contributed by atoms with E-state index in [0.717, 1.165) is 12.1 Å². The average molecular weight is 301 g/mol. The molecule has 1 heterocycles. The Labute approximate surface area is 119 Å². The molecule has 1 amide bonds. The minimum Gasteiger partial charge on any atom is -0.464 e. The van der Waals surface area contributed by atoms with Gasteiger partial charge in [-0.05, 0) is 18.6 Å². The number of carbonyl (C=O) groups is 2. The van der Waals surface area contributed by atoms with Gasteiger partial charge in [-0.2, -0.15) is 13.2 Å². The monoisotopic (exact) mass is 301 g/mol.